The third-order valence-electron chi connectivity index (χ3n) is 5.38. The highest BCUT2D eigenvalue weighted by atomic mass is 32.2. The van der Waals surface area contributed by atoms with Gasteiger partial charge in [0, 0.05) is 31.0 Å². The predicted octanol–water partition coefficient (Wildman–Crippen LogP) is 3.85. The summed E-state index contributed by atoms with van der Waals surface area (Å²) >= 11 is 1.42. The number of tetrazole rings is 1. The molecule has 0 radical (unpaired) electrons. The van der Waals surface area contributed by atoms with Gasteiger partial charge < -0.3 is 9.32 Å². The van der Waals surface area contributed by atoms with E-state index < -0.39 is 0 Å². The molecule has 2 heterocycles. The van der Waals surface area contributed by atoms with Crippen LogP contribution in [-0.2, 0) is 17.8 Å². The number of benzene rings is 1. The second-order valence-corrected chi connectivity index (χ2v) is 8.18. The van der Waals surface area contributed by atoms with E-state index in [1.54, 1.807) is 4.90 Å². The summed E-state index contributed by atoms with van der Waals surface area (Å²) in [6.07, 6.45) is 5.46. The third kappa shape index (κ3) is 3.78. The molecule has 1 aliphatic carbocycles. The van der Waals surface area contributed by atoms with Crippen molar-refractivity contribution in [2.24, 2.45) is 0 Å². The number of rotatable bonds is 7. The quantitative estimate of drug-likeness (QED) is 0.562. The third-order valence-corrected chi connectivity index (χ3v) is 6.30. The zero-order valence-corrected chi connectivity index (χ0v) is 17.1. The molecule has 0 atom stereocenters. The Labute approximate surface area is 168 Å². The van der Waals surface area contributed by atoms with Crippen molar-refractivity contribution in [1.29, 1.82) is 0 Å². The summed E-state index contributed by atoms with van der Waals surface area (Å²) in [7, 11) is 1.84. The zero-order chi connectivity index (χ0) is 19.5. The predicted molar refractivity (Wildman–Crippen MR) is 108 cm³/mol. The van der Waals surface area contributed by atoms with Crippen LogP contribution in [0.15, 0.2) is 33.8 Å². The number of amides is 1. The summed E-state index contributed by atoms with van der Waals surface area (Å²) in [5.74, 6) is 1.32. The molecule has 0 unspecified atom stereocenters. The number of thioether (sulfide) groups is 1. The van der Waals surface area contributed by atoms with Gasteiger partial charge >= 0.3 is 0 Å². The Morgan fingerprint density at radius 2 is 2.11 bits per heavy atom. The van der Waals surface area contributed by atoms with Crippen LogP contribution in [0, 0.1) is 0 Å². The molecule has 0 saturated heterocycles. The molecule has 1 aromatic carbocycles. The number of carbonyl (C=O) groups is 1. The fraction of sp³-hybridized carbons (Fsp3) is 0.500. The van der Waals surface area contributed by atoms with Gasteiger partial charge in [0.25, 0.3) is 0 Å². The fourth-order valence-corrected chi connectivity index (χ4v) is 4.71. The summed E-state index contributed by atoms with van der Waals surface area (Å²) in [4.78, 5) is 14.5. The number of carbonyl (C=O) groups excluding carboxylic acids is 1. The van der Waals surface area contributed by atoms with Crippen molar-refractivity contribution in [3.05, 3.63) is 35.6 Å². The number of para-hydroxylation sites is 1. The van der Waals surface area contributed by atoms with Crippen molar-refractivity contribution in [2.75, 3.05) is 12.8 Å². The Hall–Kier alpha value is -2.35. The van der Waals surface area contributed by atoms with Crippen LogP contribution in [-0.4, -0.2) is 43.8 Å². The van der Waals surface area contributed by atoms with Gasteiger partial charge in [0.1, 0.15) is 11.3 Å². The lowest BCUT2D eigenvalue weighted by molar-refractivity contribution is -0.127. The summed E-state index contributed by atoms with van der Waals surface area (Å²) in [5, 5.41) is 13.9. The van der Waals surface area contributed by atoms with E-state index in [0.717, 1.165) is 46.7 Å². The van der Waals surface area contributed by atoms with Crippen molar-refractivity contribution in [3.8, 4) is 0 Å². The first-order chi connectivity index (χ1) is 13.7. The summed E-state index contributed by atoms with van der Waals surface area (Å²) < 4.78 is 7.84. The van der Waals surface area contributed by atoms with Crippen molar-refractivity contribution in [3.63, 3.8) is 0 Å². The molecule has 1 amide bonds. The molecule has 28 heavy (non-hydrogen) atoms. The van der Waals surface area contributed by atoms with Gasteiger partial charge in [-0.3, -0.25) is 4.79 Å². The molecule has 8 heteroatoms. The van der Waals surface area contributed by atoms with Crippen LogP contribution < -0.4 is 0 Å². The Morgan fingerprint density at radius 1 is 1.32 bits per heavy atom. The second-order valence-electron chi connectivity index (χ2n) is 7.24. The first kappa shape index (κ1) is 19.0. The molecular weight excluding hydrogens is 374 g/mol. The Balaban J connectivity index is 1.42. The van der Waals surface area contributed by atoms with Crippen molar-refractivity contribution in [2.45, 2.75) is 56.8 Å². The summed E-state index contributed by atoms with van der Waals surface area (Å²) in [5.41, 5.74) is 1.97. The SMILES string of the molecule is CCc1oc2ccccc2c1CN(C)C(=O)CSc1nnnn1C1CCCC1. The topological polar surface area (TPSA) is 77.1 Å². The van der Waals surface area contributed by atoms with Gasteiger partial charge in [-0.25, -0.2) is 4.68 Å². The van der Waals surface area contributed by atoms with Crippen LogP contribution in [0.3, 0.4) is 0 Å². The van der Waals surface area contributed by atoms with Crippen molar-refractivity contribution in [1.82, 2.24) is 25.1 Å². The summed E-state index contributed by atoms with van der Waals surface area (Å²) in [6, 6.07) is 8.36. The van der Waals surface area contributed by atoms with Gasteiger partial charge in [0.15, 0.2) is 0 Å². The Bertz CT molecular complexity index is 961. The zero-order valence-electron chi connectivity index (χ0n) is 16.3. The second kappa shape index (κ2) is 8.34. The molecule has 1 fully saturated rings. The van der Waals surface area contributed by atoms with Crippen LogP contribution in [0.4, 0.5) is 0 Å². The van der Waals surface area contributed by atoms with E-state index >= 15 is 0 Å². The number of fused-ring (bicyclic) bond motifs is 1. The molecule has 148 valence electrons. The molecule has 0 N–H and O–H groups in total. The lowest BCUT2D eigenvalue weighted by atomic mass is 10.1. The van der Waals surface area contributed by atoms with Gasteiger partial charge in [-0.1, -0.05) is 49.7 Å². The fourth-order valence-electron chi connectivity index (χ4n) is 3.83. The van der Waals surface area contributed by atoms with Crippen LogP contribution >= 0.6 is 11.8 Å². The number of aromatic nitrogens is 4. The molecule has 4 rings (SSSR count). The number of hydrogen-bond acceptors (Lipinski definition) is 6. The number of aryl methyl sites for hydroxylation is 1. The molecule has 0 spiro atoms. The Kier molecular flexibility index (Phi) is 5.66. The minimum atomic E-state index is 0.0540. The van der Waals surface area contributed by atoms with Gasteiger partial charge in [0.05, 0.1) is 11.8 Å². The van der Waals surface area contributed by atoms with Gasteiger partial charge in [-0.15, -0.1) is 5.10 Å². The highest BCUT2D eigenvalue weighted by molar-refractivity contribution is 7.99. The van der Waals surface area contributed by atoms with Crippen LogP contribution in [0.2, 0.25) is 0 Å². The first-order valence-electron chi connectivity index (χ1n) is 9.81. The number of nitrogens with zero attached hydrogens (tertiary/aromatic N) is 5. The van der Waals surface area contributed by atoms with E-state index in [1.807, 2.05) is 29.9 Å². The monoisotopic (exact) mass is 399 g/mol. The maximum absolute atomic E-state index is 12.7. The van der Waals surface area contributed by atoms with E-state index in [4.69, 9.17) is 4.42 Å². The van der Waals surface area contributed by atoms with E-state index in [2.05, 4.69) is 28.5 Å². The molecule has 0 aliphatic heterocycles. The molecule has 1 aliphatic rings. The standard InChI is InChI=1S/C20H25N5O2S/c1-3-17-16(15-10-6-7-11-18(15)27-17)12-24(2)19(26)13-28-20-21-22-23-25(20)14-8-4-5-9-14/h6-7,10-11,14H,3-5,8-9,12-13H2,1-2H3. The van der Waals surface area contributed by atoms with Crippen LogP contribution in [0.5, 0.6) is 0 Å². The van der Waals surface area contributed by atoms with E-state index in [1.165, 1.54) is 24.6 Å². The largest absolute Gasteiger partial charge is 0.461 e. The normalized spacial score (nSPS) is 14.8. The average Bonchev–Trinajstić information content (AvgIpc) is 3.45. The average molecular weight is 400 g/mol. The maximum atomic E-state index is 12.7. The van der Waals surface area contributed by atoms with E-state index in [-0.39, 0.29) is 5.91 Å². The lowest BCUT2D eigenvalue weighted by Gasteiger charge is -2.17. The lowest BCUT2D eigenvalue weighted by Crippen LogP contribution is -2.28. The molecular formula is C20H25N5O2S. The van der Waals surface area contributed by atoms with Crippen molar-refractivity contribution >= 4 is 28.6 Å². The molecule has 1 saturated carbocycles. The molecule has 0 bridgehead atoms. The Morgan fingerprint density at radius 3 is 2.89 bits per heavy atom. The molecule has 2 aromatic heterocycles. The molecule has 3 aromatic rings. The maximum Gasteiger partial charge on any atom is 0.233 e. The van der Waals surface area contributed by atoms with E-state index in [0.29, 0.717) is 18.3 Å². The van der Waals surface area contributed by atoms with E-state index in [9.17, 15) is 4.79 Å². The van der Waals surface area contributed by atoms with Gasteiger partial charge in [-0.05, 0) is 29.3 Å². The minimum Gasteiger partial charge on any atom is -0.461 e. The van der Waals surface area contributed by atoms with Crippen LogP contribution in [0.25, 0.3) is 11.0 Å². The molecule has 7 nitrogen and oxygen atoms in total. The highest BCUT2D eigenvalue weighted by Gasteiger charge is 2.23. The number of hydrogen-bond donors (Lipinski definition) is 0. The minimum absolute atomic E-state index is 0.0540. The van der Waals surface area contributed by atoms with Gasteiger partial charge in [-0.2, -0.15) is 0 Å². The smallest absolute Gasteiger partial charge is 0.233 e. The first-order valence-corrected chi connectivity index (χ1v) is 10.8. The van der Waals surface area contributed by atoms with Crippen molar-refractivity contribution < 1.29 is 9.21 Å². The number of furan rings is 1. The van der Waals surface area contributed by atoms with Gasteiger partial charge in [0.2, 0.25) is 11.1 Å². The highest BCUT2D eigenvalue weighted by Crippen LogP contribution is 2.31. The summed E-state index contributed by atoms with van der Waals surface area (Å²) in [6.45, 7) is 2.61. The van der Waals surface area contributed by atoms with Crippen LogP contribution in [0.1, 0.15) is 50.0 Å².